The topological polar surface area (TPSA) is 58.6 Å². The predicted octanol–water partition coefficient (Wildman–Crippen LogP) is 4.18. The van der Waals surface area contributed by atoms with Crippen molar-refractivity contribution in [2.75, 3.05) is 25.5 Å². The lowest BCUT2D eigenvalue weighted by Crippen LogP contribution is -2.40. The van der Waals surface area contributed by atoms with Gasteiger partial charge in [0, 0.05) is 22.0 Å². The zero-order chi connectivity index (χ0) is 19.5. The molecule has 0 fully saturated rings. The summed E-state index contributed by atoms with van der Waals surface area (Å²) in [6.45, 7) is 1.17. The molecule has 0 bridgehead atoms. The van der Waals surface area contributed by atoms with Gasteiger partial charge in [-0.1, -0.05) is 6.07 Å². The number of hydrogen-bond donors (Lipinski definition) is 1. The van der Waals surface area contributed by atoms with Crippen LogP contribution < -0.4 is 5.32 Å². The maximum Gasteiger partial charge on any atom is 0.337 e. The van der Waals surface area contributed by atoms with Crippen LogP contribution in [0.25, 0.3) is 0 Å². The number of esters is 1. The molecule has 3 heterocycles. The van der Waals surface area contributed by atoms with Crippen LogP contribution in [0.4, 0.5) is 5.69 Å². The summed E-state index contributed by atoms with van der Waals surface area (Å²) in [7, 11) is 1.35. The summed E-state index contributed by atoms with van der Waals surface area (Å²) in [5.41, 5.74) is 2.44. The lowest BCUT2D eigenvalue weighted by molar-refractivity contribution is -0.117. The molecule has 7 heteroatoms. The Morgan fingerprint density at radius 1 is 1.14 bits per heavy atom. The van der Waals surface area contributed by atoms with Gasteiger partial charge in [0.05, 0.1) is 25.3 Å². The highest BCUT2D eigenvalue weighted by Gasteiger charge is 2.31. The molecule has 1 atom stereocenters. The number of nitrogens with zero attached hydrogens (tertiary/aromatic N) is 1. The molecule has 0 saturated carbocycles. The SMILES string of the molecule is COC(=O)c1ccc(NC(=O)CN2CCc3sccc3C2c2cccs2)cc1. The highest BCUT2D eigenvalue weighted by Crippen LogP contribution is 2.39. The van der Waals surface area contributed by atoms with Crippen molar-refractivity contribution in [2.24, 2.45) is 0 Å². The zero-order valence-corrected chi connectivity index (χ0v) is 17.0. The van der Waals surface area contributed by atoms with E-state index in [1.165, 1.54) is 22.4 Å². The van der Waals surface area contributed by atoms with Crippen LogP contribution in [0.5, 0.6) is 0 Å². The molecule has 3 aromatic rings. The van der Waals surface area contributed by atoms with E-state index in [9.17, 15) is 9.59 Å². The van der Waals surface area contributed by atoms with Crippen LogP contribution in [0, 0.1) is 0 Å². The van der Waals surface area contributed by atoms with Gasteiger partial charge in [0.15, 0.2) is 0 Å². The molecule has 144 valence electrons. The van der Waals surface area contributed by atoms with E-state index in [0.29, 0.717) is 17.8 Å². The number of hydrogen-bond acceptors (Lipinski definition) is 6. The van der Waals surface area contributed by atoms with E-state index in [0.717, 1.165) is 13.0 Å². The fraction of sp³-hybridized carbons (Fsp3) is 0.238. The van der Waals surface area contributed by atoms with Gasteiger partial charge in [0.2, 0.25) is 5.91 Å². The van der Waals surface area contributed by atoms with Crippen LogP contribution in [-0.4, -0.2) is 37.0 Å². The number of thiophene rings is 2. The molecule has 0 aliphatic carbocycles. The highest BCUT2D eigenvalue weighted by atomic mass is 32.1. The molecule has 1 N–H and O–H groups in total. The van der Waals surface area contributed by atoms with Gasteiger partial charge in [-0.2, -0.15) is 0 Å². The molecule has 1 unspecified atom stereocenters. The number of nitrogens with one attached hydrogen (secondary N) is 1. The van der Waals surface area contributed by atoms with E-state index in [1.54, 1.807) is 46.9 Å². The third-order valence-corrected chi connectivity index (χ3v) is 6.74. The lowest BCUT2D eigenvalue weighted by Gasteiger charge is -2.34. The average molecular weight is 413 g/mol. The minimum Gasteiger partial charge on any atom is -0.465 e. The van der Waals surface area contributed by atoms with Crippen LogP contribution in [0.1, 0.15) is 31.7 Å². The molecule has 1 aromatic carbocycles. The van der Waals surface area contributed by atoms with Crippen LogP contribution in [0.2, 0.25) is 0 Å². The maximum absolute atomic E-state index is 12.7. The Bertz CT molecular complexity index is 964. The standard InChI is InChI=1S/C21H20N2O3S2/c1-26-21(25)14-4-6-15(7-5-14)22-19(24)13-23-10-8-17-16(9-12-28-17)20(23)18-3-2-11-27-18/h2-7,9,11-12,20H,8,10,13H2,1H3,(H,22,24). The first-order valence-corrected chi connectivity index (χ1v) is 10.7. The summed E-state index contributed by atoms with van der Waals surface area (Å²) in [5.74, 6) is -0.456. The van der Waals surface area contributed by atoms with Crippen LogP contribution in [0.3, 0.4) is 0 Å². The Balaban J connectivity index is 1.47. The van der Waals surface area contributed by atoms with Crippen molar-refractivity contribution in [1.82, 2.24) is 4.90 Å². The van der Waals surface area contributed by atoms with Gasteiger partial charge in [0.25, 0.3) is 0 Å². The summed E-state index contributed by atoms with van der Waals surface area (Å²) in [5, 5.41) is 7.15. The van der Waals surface area contributed by atoms with Crippen LogP contribution in [0.15, 0.2) is 53.2 Å². The largest absolute Gasteiger partial charge is 0.465 e. The summed E-state index contributed by atoms with van der Waals surface area (Å²) >= 11 is 3.52. The molecular weight excluding hydrogens is 392 g/mol. The van der Waals surface area contributed by atoms with Gasteiger partial charge in [-0.05, 0) is 59.1 Å². The molecule has 0 radical (unpaired) electrons. The summed E-state index contributed by atoms with van der Waals surface area (Å²) < 4.78 is 4.70. The van der Waals surface area contributed by atoms with Crippen molar-refractivity contribution >= 4 is 40.2 Å². The number of benzene rings is 1. The molecule has 4 rings (SSSR count). The second-order valence-electron chi connectivity index (χ2n) is 6.55. The monoisotopic (exact) mass is 412 g/mol. The molecule has 1 aliphatic heterocycles. The van der Waals surface area contributed by atoms with Crippen molar-refractivity contribution < 1.29 is 14.3 Å². The lowest BCUT2D eigenvalue weighted by atomic mass is 9.98. The summed E-state index contributed by atoms with van der Waals surface area (Å²) in [4.78, 5) is 29.1. The Hall–Kier alpha value is -2.48. The number of ether oxygens (including phenoxy) is 1. The van der Waals surface area contributed by atoms with Crippen LogP contribution in [-0.2, 0) is 16.0 Å². The van der Waals surface area contributed by atoms with E-state index < -0.39 is 5.97 Å². The normalized spacial score (nSPS) is 16.4. The van der Waals surface area contributed by atoms with Gasteiger partial charge in [0.1, 0.15) is 0 Å². The Kier molecular flexibility index (Phi) is 5.57. The summed E-state index contributed by atoms with van der Waals surface area (Å²) in [6.07, 6.45) is 0.968. The van der Waals surface area contributed by atoms with Crippen LogP contribution >= 0.6 is 22.7 Å². The Morgan fingerprint density at radius 3 is 2.68 bits per heavy atom. The van der Waals surface area contributed by atoms with E-state index in [2.05, 4.69) is 39.2 Å². The fourth-order valence-electron chi connectivity index (χ4n) is 3.51. The molecule has 5 nitrogen and oxygen atoms in total. The van der Waals surface area contributed by atoms with Crippen molar-refractivity contribution in [1.29, 1.82) is 0 Å². The Labute approximate surface area is 171 Å². The molecule has 0 spiro atoms. The second-order valence-corrected chi connectivity index (χ2v) is 8.53. The second kappa shape index (κ2) is 8.26. The van der Waals surface area contributed by atoms with E-state index >= 15 is 0 Å². The molecule has 0 saturated heterocycles. The van der Waals surface area contributed by atoms with Crippen molar-refractivity contribution in [3.05, 3.63) is 74.1 Å². The number of amides is 1. The minimum absolute atomic E-state index is 0.0638. The van der Waals surface area contributed by atoms with Gasteiger partial charge < -0.3 is 10.1 Å². The molecule has 2 aromatic heterocycles. The number of fused-ring (bicyclic) bond motifs is 1. The third-order valence-electron chi connectivity index (χ3n) is 4.81. The third kappa shape index (κ3) is 3.87. The maximum atomic E-state index is 12.7. The number of rotatable bonds is 5. The van der Waals surface area contributed by atoms with Crippen molar-refractivity contribution in [3.8, 4) is 0 Å². The molecule has 1 aliphatic rings. The van der Waals surface area contributed by atoms with E-state index in [4.69, 9.17) is 4.74 Å². The fourth-order valence-corrected chi connectivity index (χ4v) is 5.29. The van der Waals surface area contributed by atoms with Crippen molar-refractivity contribution in [2.45, 2.75) is 12.5 Å². The molecule has 1 amide bonds. The van der Waals surface area contributed by atoms with Gasteiger partial charge in [-0.3, -0.25) is 9.69 Å². The van der Waals surface area contributed by atoms with E-state index in [1.807, 2.05) is 0 Å². The van der Waals surface area contributed by atoms with Gasteiger partial charge in [-0.25, -0.2) is 4.79 Å². The number of carbonyl (C=O) groups is 2. The first kappa shape index (κ1) is 18.9. The first-order chi connectivity index (χ1) is 13.7. The quantitative estimate of drug-likeness (QED) is 0.639. The smallest absolute Gasteiger partial charge is 0.337 e. The van der Waals surface area contributed by atoms with Gasteiger partial charge >= 0.3 is 5.97 Å². The number of methoxy groups -OCH3 is 1. The minimum atomic E-state index is -0.392. The zero-order valence-electron chi connectivity index (χ0n) is 15.4. The van der Waals surface area contributed by atoms with Gasteiger partial charge in [-0.15, -0.1) is 22.7 Å². The van der Waals surface area contributed by atoms with E-state index in [-0.39, 0.29) is 11.9 Å². The average Bonchev–Trinajstić information content (AvgIpc) is 3.39. The van der Waals surface area contributed by atoms with Crippen molar-refractivity contribution in [3.63, 3.8) is 0 Å². The number of anilines is 1. The summed E-state index contributed by atoms with van der Waals surface area (Å²) in [6, 6.07) is 13.2. The molecular formula is C21H20N2O3S2. The number of carbonyl (C=O) groups excluding carboxylic acids is 2. The molecule has 28 heavy (non-hydrogen) atoms. The predicted molar refractivity (Wildman–Crippen MR) is 112 cm³/mol. The highest BCUT2D eigenvalue weighted by molar-refractivity contribution is 7.10. The first-order valence-electron chi connectivity index (χ1n) is 8.97. The Morgan fingerprint density at radius 2 is 1.96 bits per heavy atom.